The van der Waals surface area contributed by atoms with Crippen LogP contribution < -0.4 is 0 Å². The number of rotatable bonds is 1. The maximum Gasteiger partial charge on any atom is 0.397 e. The summed E-state index contributed by atoms with van der Waals surface area (Å²) in [7, 11) is 2.03. The van der Waals surface area contributed by atoms with Crippen molar-refractivity contribution in [3.05, 3.63) is 0 Å². The summed E-state index contributed by atoms with van der Waals surface area (Å²) < 4.78 is 4.71. The molecule has 0 aliphatic carbocycles. The molecule has 1 fully saturated rings. The molecule has 1 amide bonds. The summed E-state index contributed by atoms with van der Waals surface area (Å²) in [6, 6.07) is 0.532. The Balaban J connectivity index is 2.61. The van der Waals surface area contributed by atoms with Gasteiger partial charge in [-0.1, -0.05) is 0 Å². The van der Waals surface area contributed by atoms with Gasteiger partial charge in [0.05, 0.1) is 6.61 Å². The number of likely N-dealkylation sites (N-methyl/N-ethyl adjacent to an activating group) is 1. The number of carbonyl (C=O) groups is 2. The monoisotopic (exact) mass is 228 g/mol. The smallest absolute Gasteiger partial charge is 0.397 e. The van der Waals surface area contributed by atoms with Crippen molar-refractivity contribution in [2.24, 2.45) is 0 Å². The van der Waals surface area contributed by atoms with E-state index in [1.54, 1.807) is 11.8 Å². The number of carbonyl (C=O) groups excluding carboxylic acids is 2. The molecule has 5 nitrogen and oxygen atoms in total. The first-order valence-electron chi connectivity index (χ1n) is 5.65. The third kappa shape index (κ3) is 2.72. The standard InChI is InChI=1S/C11H20N2O3/c1-5-16-11(15)10(14)13-6-8(2)12(4)9(3)7-13/h8-9H,5-7H2,1-4H3. The lowest BCUT2D eigenvalue weighted by molar-refractivity contribution is -0.161. The molecule has 0 spiro atoms. The molecule has 1 heterocycles. The maximum atomic E-state index is 11.7. The summed E-state index contributed by atoms with van der Waals surface area (Å²) in [5.74, 6) is -1.26. The second-order valence-electron chi connectivity index (χ2n) is 4.29. The lowest BCUT2D eigenvalue weighted by Crippen LogP contribution is -2.57. The Hall–Kier alpha value is -1.10. The lowest BCUT2D eigenvalue weighted by Gasteiger charge is -2.41. The van der Waals surface area contributed by atoms with Crippen LogP contribution in [0.25, 0.3) is 0 Å². The molecule has 0 radical (unpaired) electrons. The minimum absolute atomic E-state index is 0.240. The molecule has 1 saturated heterocycles. The highest BCUT2D eigenvalue weighted by Gasteiger charge is 2.32. The van der Waals surface area contributed by atoms with Gasteiger partial charge in [-0.3, -0.25) is 9.69 Å². The van der Waals surface area contributed by atoms with Crippen LogP contribution in [0.2, 0.25) is 0 Å². The van der Waals surface area contributed by atoms with Crippen molar-refractivity contribution >= 4 is 11.9 Å². The van der Waals surface area contributed by atoms with Crippen molar-refractivity contribution in [1.29, 1.82) is 0 Å². The molecule has 1 aliphatic rings. The van der Waals surface area contributed by atoms with E-state index in [9.17, 15) is 9.59 Å². The third-order valence-corrected chi connectivity index (χ3v) is 3.10. The molecule has 2 atom stereocenters. The summed E-state index contributed by atoms with van der Waals surface area (Å²) >= 11 is 0. The summed E-state index contributed by atoms with van der Waals surface area (Å²) in [6.45, 7) is 7.18. The topological polar surface area (TPSA) is 49.9 Å². The van der Waals surface area contributed by atoms with Gasteiger partial charge >= 0.3 is 11.9 Å². The largest absolute Gasteiger partial charge is 0.459 e. The highest BCUT2D eigenvalue weighted by molar-refractivity contribution is 6.32. The Morgan fingerprint density at radius 3 is 2.19 bits per heavy atom. The maximum absolute atomic E-state index is 11.7. The number of amides is 1. The SMILES string of the molecule is CCOC(=O)C(=O)N1CC(C)N(C)C(C)C1. The number of piperazine rings is 1. The summed E-state index contributed by atoms with van der Waals surface area (Å²) in [5, 5.41) is 0. The third-order valence-electron chi connectivity index (χ3n) is 3.10. The van der Waals surface area contributed by atoms with Crippen LogP contribution in [0.4, 0.5) is 0 Å². The van der Waals surface area contributed by atoms with Gasteiger partial charge in [0.25, 0.3) is 0 Å². The fourth-order valence-electron chi connectivity index (χ4n) is 1.89. The Morgan fingerprint density at radius 2 is 1.75 bits per heavy atom. The van der Waals surface area contributed by atoms with Gasteiger partial charge in [0, 0.05) is 25.2 Å². The van der Waals surface area contributed by atoms with Crippen LogP contribution in [-0.2, 0) is 14.3 Å². The predicted molar refractivity (Wildman–Crippen MR) is 59.9 cm³/mol. The molecule has 2 unspecified atom stereocenters. The highest BCUT2D eigenvalue weighted by Crippen LogP contribution is 2.13. The fourth-order valence-corrected chi connectivity index (χ4v) is 1.89. The van der Waals surface area contributed by atoms with Crippen molar-refractivity contribution in [3.63, 3.8) is 0 Å². The molecule has 0 saturated carbocycles. The molecule has 0 aromatic heterocycles. The van der Waals surface area contributed by atoms with E-state index in [4.69, 9.17) is 4.74 Å². The summed E-state index contributed by atoms with van der Waals surface area (Å²) in [6.07, 6.45) is 0. The molecule has 1 aliphatic heterocycles. The van der Waals surface area contributed by atoms with Gasteiger partial charge in [0.2, 0.25) is 0 Å². The first-order valence-corrected chi connectivity index (χ1v) is 5.65. The van der Waals surface area contributed by atoms with Crippen LogP contribution in [-0.4, -0.2) is 60.5 Å². The van der Waals surface area contributed by atoms with Crippen molar-refractivity contribution in [2.75, 3.05) is 26.7 Å². The molecular weight excluding hydrogens is 208 g/mol. The molecule has 0 bridgehead atoms. The van der Waals surface area contributed by atoms with Crippen molar-refractivity contribution in [2.45, 2.75) is 32.9 Å². The van der Waals surface area contributed by atoms with Gasteiger partial charge in [-0.05, 0) is 27.8 Å². The van der Waals surface area contributed by atoms with Gasteiger partial charge in [-0.2, -0.15) is 0 Å². The van der Waals surface area contributed by atoms with Crippen LogP contribution >= 0.6 is 0 Å². The minimum Gasteiger partial charge on any atom is -0.459 e. The molecule has 16 heavy (non-hydrogen) atoms. The molecule has 0 N–H and O–H groups in total. The zero-order chi connectivity index (χ0) is 12.3. The molecule has 0 aromatic carbocycles. The second-order valence-corrected chi connectivity index (χ2v) is 4.29. The van der Waals surface area contributed by atoms with E-state index in [1.165, 1.54) is 0 Å². The van der Waals surface area contributed by atoms with Crippen LogP contribution in [0.5, 0.6) is 0 Å². The average molecular weight is 228 g/mol. The molecule has 5 heteroatoms. The number of hydrogen-bond donors (Lipinski definition) is 0. The van der Waals surface area contributed by atoms with E-state index in [0.29, 0.717) is 13.1 Å². The molecule has 1 rings (SSSR count). The number of esters is 1. The van der Waals surface area contributed by atoms with Crippen LogP contribution in [0.3, 0.4) is 0 Å². The Kier molecular flexibility index (Phi) is 4.29. The van der Waals surface area contributed by atoms with Gasteiger partial charge in [-0.15, -0.1) is 0 Å². The van der Waals surface area contributed by atoms with E-state index < -0.39 is 11.9 Å². The van der Waals surface area contributed by atoms with Gasteiger partial charge in [0.15, 0.2) is 0 Å². The zero-order valence-corrected chi connectivity index (χ0v) is 10.4. The van der Waals surface area contributed by atoms with Crippen molar-refractivity contribution in [1.82, 2.24) is 9.80 Å². The van der Waals surface area contributed by atoms with E-state index in [1.807, 2.05) is 20.9 Å². The molecule has 0 aromatic rings. The first-order chi connectivity index (χ1) is 7.47. The van der Waals surface area contributed by atoms with Gasteiger partial charge < -0.3 is 9.64 Å². The van der Waals surface area contributed by atoms with Crippen LogP contribution in [0.15, 0.2) is 0 Å². The fraction of sp³-hybridized carbons (Fsp3) is 0.818. The van der Waals surface area contributed by atoms with Crippen LogP contribution in [0, 0.1) is 0 Å². The van der Waals surface area contributed by atoms with Crippen LogP contribution in [0.1, 0.15) is 20.8 Å². The molecule has 92 valence electrons. The first kappa shape index (κ1) is 13.0. The summed E-state index contributed by atoms with van der Waals surface area (Å²) in [4.78, 5) is 26.8. The van der Waals surface area contributed by atoms with E-state index in [0.717, 1.165) is 0 Å². The Labute approximate surface area is 96.3 Å². The zero-order valence-electron chi connectivity index (χ0n) is 10.4. The quantitative estimate of drug-likeness (QED) is 0.472. The Morgan fingerprint density at radius 1 is 1.25 bits per heavy atom. The van der Waals surface area contributed by atoms with E-state index >= 15 is 0 Å². The molecular formula is C11H20N2O3. The lowest BCUT2D eigenvalue weighted by atomic mass is 10.1. The van der Waals surface area contributed by atoms with E-state index in [2.05, 4.69) is 4.90 Å². The number of hydrogen-bond acceptors (Lipinski definition) is 4. The summed E-state index contributed by atoms with van der Waals surface area (Å²) in [5.41, 5.74) is 0. The highest BCUT2D eigenvalue weighted by atomic mass is 16.5. The van der Waals surface area contributed by atoms with Crippen molar-refractivity contribution in [3.8, 4) is 0 Å². The predicted octanol–water partition coefficient (Wildman–Crippen LogP) is 0.101. The van der Waals surface area contributed by atoms with E-state index in [-0.39, 0.29) is 18.7 Å². The minimum atomic E-state index is -0.744. The number of ether oxygens (including phenoxy) is 1. The number of nitrogens with zero attached hydrogens (tertiary/aromatic N) is 2. The normalized spacial score (nSPS) is 26.6. The van der Waals surface area contributed by atoms with Gasteiger partial charge in [0.1, 0.15) is 0 Å². The van der Waals surface area contributed by atoms with Gasteiger partial charge in [-0.25, -0.2) is 4.79 Å². The van der Waals surface area contributed by atoms with Crippen molar-refractivity contribution < 1.29 is 14.3 Å². The second kappa shape index (κ2) is 5.30. The Bertz CT molecular complexity index is 268. The average Bonchev–Trinajstić information content (AvgIpc) is 2.24.